The van der Waals surface area contributed by atoms with Crippen LogP contribution in [-0.2, 0) is 24.3 Å². The zero-order chi connectivity index (χ0) is 28.2. The first-order valence-electron chi connectivity index (χ1n) is 13.6. The van der Waals surface area contributed by atoms with Crippen molar-refractivity contribution >= 4 is 27.9 Å². The van der Waals surface area contributed by atoms with Gasteiger partial charge in [0.05, 0.1) is 16.1 Å². The molecule has 0 spiro atoms. The summed E-state index contributed by atoms with van der Waals surface area (Å²) < 4.78 is 32.5. The summed E-state index contributed by atoms with van der Waals surface area (Å²) in [6.45, 7) is 12.4. The van der Waals surface area contributed by atoms with Gasteiger partial charge in [-0.25, -0.2) is 17.9 Å². The topological polar surface area (TPSA) is 162 Å². The van der Waals surface area contributed by atoms with Crippen LogP contribution in [-0.4, -0.2) is 61.7 Å². The fraction of sp³-hybridized carbons (Fsp3) is 0.885. The molecule has 0 aromatic heterocycles. The number of nitrogens with zero attached hydrogens (tertiary/aromatic N) is 1. The number of carbonyl (C=O) groups excluding carboxylic acids is 3. The van der Waals surface area contributed by atoms with Gasteiger partial charge in [-0.2, -0.15) is 0 Å². The highest BCUT2D eigenvalue weighted by Crippen LogP contribution is 2.70. The summed E-state index contributed by atoms with van der Waals surface area (Å²) in [5.41, 5.74) is 9.22. The van der Waals surface area contributed by atoms with E-state index < -0.39 is 43.5 Å². The first-order valence-corrected chi connectivity index (χ1v) is 15.1. The molecule has 2 fully saturated rings. The lowest BCUT2D eigenvalue weighted by Gasteiger charge is -2.34. The van der Waals surface area contributed by atoms with Crippen molar-refractivity contribution < 1.29 is 27.5 Å². The lowest BCUT2D eigenvalue weighted by molar-refractivity contribution is -0.133. The molecule has 2 rings (SSSR count). The van der Waals surface area contributed by atoms with Crippen LogP contribution < -0.4 is 16.2 Å². The lowest BCUT2D eigenvalue weighted by atomic mass is 9.75. The van der Waals surface area contributed by atoms with Crippen LogP contribution in [0.5, 0.6) is 0 Å². The third kappa shape index (κ3) is 7.16. The average Bonchev–Trinajstić information content (AvgIpc) is 3.51. The van der Waals surface area contributed by atoms with Gasteiger partial charge in [0.25, 0.3) is 0 Å². The predicted octanol–water partition coefficient (Wildman–Crippen LogP) is 2.90. The molecule has 1 aliphatic carbocycles. The van der Waals surface area contributed by atoms with Crippen molar-refractivity contribution in [2.75, 3.05) is 19.6 Å². The number of nitrogens with two attached hydrogens (primary N) is 2. The van der Waals surface area contributed by atoms with Gasteiger partial charge in [-0.15, -0.1) is 0 Å². The van der Waals surface area contributed by atoms with E-state index in [1.807, 2.05) is 34.6 Å². The van der Waals surface area contributed by atoms with Crippen LogP contribution in [0, 0.1) is 22.7 Å². The van der Waals surface area contributed by atoms with E-state index in [4.69, 9.17) is 16.2 Å². The molecule has 0 radical (unpaired) electrons. The molecular weight excluding hydrogens is 496 g/mol. The Morgan fingerprint density at radius 2 is 1.70 bits per heavy atom. The van der Waals surface area contributed by atoms with Gasteiger partial charge in [0, 0.05) is 19.6 Å². The van der Waals surface area contributed by atoms with Crippen molar-refractivity contribution in [1.82, 2.24) is 9.62 Å². The van der Waals surface area contributed by atoms with Crippen LogP contribution >= 0.6 is 0 Å². The largest absolute Gasteiger partial charge is 0.444 e. The lowest BCUT2D eigenvalue weighted by Crippen LogP contribution is -2.43. The Hall–Kier alpha value is -1.88. The van der Waals surface area contributed by atoms with Gasteiger partial charge < -0.3 is 21.1 Å². The molecule has 214 valence electrons. The van der Waals surface area contributed by atoms with E-state index >= 15 is 0 Å². The molecule has 11 heteroatoms. The summed E-state index contributed by atoms with van der Waals surface area (Å²) in [5, 5.41) is -0.469. The number of piperidine rings is 1. The number of amides is 3. The van der Waals surface area contributed by atoms with Crippen LogP contribution in [0.1, 0.15) is 92.9 Å². The Labute approximate surface area is 222 Å². The molecule has 1 saturated carbocycles. The van der Waals surface area contributed by atoms with E-state index in [1.54, 1.807) is 11.8 Å². The van der Waals surface area contributed by atoms with Crippen LogP contribution in [0.2, 0.25) is 0 Å². The molecule has 4 atom stereocenters. The number of rotatable bonds is 13. The standard InChI is InChI=1S/C26H48N4O6S/c1-7-19(3)37(34,35)29-14-8-9-18(2)26(22(28)32)17-25(26,21(27)31)13-10-20-11-15-30(16-12-20)23(33)36-24(4,5)6/h18-20,29H,7-17H2,1-6H3,(H2,27,31)(H2,28,32)/t18?,19-,25+,26+/m0/s1. The van der Waals surface area contributed by atoms with Crippen LogP contribution in [0.3, 0.4) is 0 Å². The third-order valence-electron chi connectivity index (χ3n) is 8.53. The maximum Gasteiger partial charge on any atom is 0.410 e. The molecule has 37 heavy (non-hydrogen) atoms. The van der Waals surface area contributed by atoms with Gasteiger partial charge in [-0.3, -0.25) is 9.59 Å². The molecule has 1 heterocycles. The number of nitrogens with one attached hydrogen (secondary N) is 1. The molecule has 1 unspecified atom stereocenters. The minimum absolute atomic E-state index is 0.209. The van der Waals surface area contributed by atoms with Crippen molar-refractivity contribution in [2.24, 2.45) is 34.1 Å². The Bertz CT molecular complexity index is 941. The van der Waals surface area contributed by atoms with Crippen LogP contribution in [0.15, 0.2) is 0 Å². The van der Waals surface area contributed by atoms with E-state index in [2.05, 4.69) is 4.72 Å². The fourth-order valence-corrected chi connectivity index (χ4v) is 6.95. The van der Waals surface area contributed by atoms with E-state index in [-0.39, 0.29) is 18.6 Å². The zero-order valence-electron chi connectivity index (χ0n) is 23.5. The van der Waals surface area contributed by atoms with E-state index in [0.29, 0.717) is 51.1 Å². The van der Waals surface area contributed by atoms with E-state index in [9.17, 15) is 22.8 Å². The summed E-state index contributed by atoms with van der Waals surface area (Å²) in [6.07, 6.45) is 4.43. The zero-order valence-corrected chi connectivity index (χ0v) is 24.3. The number of sulfonamides is 1. The minimum Gasteiger partial charge on any atom is -0.444 e. The second-order valence-corrected chi connectivity index (χ2v) is 14.3. The summed E-state index contributed by atoms with van der Waals surface area (Å²) in [4.78, 5) is 39.4. The van der Waals surface area contributed by atoms with Gasteiger partial charge >= 0.3 is 6.09 Å². The van der Waals surface area contributed by atoms with Gasteiger partial charge in [-0.1, -0.05) is 13.8 Å². The Balaban J connectivity index is 1.95. The fourth-order valence-electron chi connectivity index (χ4n) is 5.80. The van der Waals surface area contributed by atoms with Gasteiger partial charge in [0.15, 0.2) is 0 Å². The number of primary amides is 2. The number of hydrogen-bond donors (Lipinski definition) is 3. The summed E-state index contributed by atoms with van der Waals surface area (Å²) in [6, 6.07) is 0. The van der Waals surface area contributed by atoms with Crippen molar-refractivity contribution in [2.45, 2.75) is 104 Å². The number of likely N-dealkylation sites (tertiary alicyclic amines) is 1. The molecule has 0 bridgehead atoms. The van der Waals surface area contributed by atoms with Crippen molar-refractivity contribution in [3.8, 4) is 0 Å². The molecule has 3 amide bonds. The Kier molecular flexibility index (Phi) is 10.1. The highest BCUT2D eigenvalue weighted by Gasteiger charge is 2.75. The Morgan fingerprint density at radius 3 is 2.19 bits per heavy atom. The number of carbonyl (C=O) groups is 3. The Morgan fingerprint density at radius 1 is 1.11 bits per heavy atom. The molecule has 2 aliphatic rings. The average molecular weight is 545 g/mol. The third-order valence-corrected chi connectivity index (χ3v) is 10.5. The van der Waals surface area contributed by atoms with Crippen LogP contribution in [0.4, 0.5) is 4.79 Å². The van der Waals surface area contributed by atoms with Gasteiger partial charge in [0.2, 0.25) is 21.8 Å². The SMILES string of the molecule is CC[C@H](C)S(=O)(=O)NCCCC(C)[C@@]1(C(N)=O)C[C@]1(CCC1CCN(C(=O)OC(C)(C)C)CC1)C(N)=O. The smallest absolute Gasteiger partial charge is 0.410 e. The second-order valence-electron chi connectivity index (χ2n) is 12.1. The minimum atomic E-state index is -3.37. The number of ether oxygens (including phenoxy) is 1. The molecular formula is C26H48N4O6S. The normalized spacial score (nSPS) is 26.4. The molecule has 5 N–H and O–H groups in total. The summed E-state index contributed by atoms with van der Waals surface area (Å²) >= 11 is 0. The van der Waals surface area contributed by atoms with E-state index in [1.165, 1.54) is 0 Å². The molecule has 0 aromatic rings. The monoisotopic (exact) mass is 544 g/mol. The number of hydrogen-bond acceptors (Lipinski definition) is 6. The predicted molar refractivity (Wildman–Crippen MR) is 143 cm³/mol. The maximum absolute atomic E-state index is 12.7. The van der Waals surface area contributed by atoms with Crippen molar-refractivity contribution in [1.29, 1.82) is 0 Å². The van der Waals surface area contributed by atoms with Crippen molar-refractivity contribution in [3.63, 3.8) is 0 Å². The molecule has 1 saturated heterocycles. The first kappa shape index (κ1) is 31.3. The van der Waals surface area contributed by atoms with Gasteiger partial charge in [-0.05, 0) is 90.9 Å². The highest BCUT2D eigenvalue weighted by molar-refractivity contribution is 7.90. The maximum atomic E-state index is 12.7. The summed E-state index contributed by atoms with van der Waals surface area (Å²) in [5.74, 6) is -0.911. The highest BCUT2D eigenvalue weighted by atomic mass is 32.2. The van der Waals surface area contributed by atoms with Gasteiger partial charge in [0.1, 0.15) is 5.60 Å². The van der Waals surface area contributed by atoms with Crippen molar-refractivity contribution in [3.05, 3.63) is 0 Å². The molecule has 0 aromatic carbocycles. The first-order chi connectivity index (χ1) is 17.0. The van der Waals surface area contributed by atoms with E-state index in [0.717, 1.165) is 19.3 Å². The molecule has 10 nitrogen and oxygen atoms in total. The second kappa shape index (κ2) is 11.9. The molecule has 1 aliphatic heterocycles. The summed E-state index contributed by atoms with van der Waals surface area (Å²) in [7, 11) is -3.37. The van der Waals surface area contributed by atoms with Crippen LogP contribution in [0.25, 0.3) is 0 Å². The quantitative estimate of drug-likeness (QED) is 0.302.